The molecule has 0 saturated carbocycles. The molecular weight excluding hydrogens is 381 g/mol. The van der Waals surface area contributed by atoms with Gasteiger partial charge in [-0.1, -0.05) is 30.3 Å². The van der Waals surface area contributed by atoms with Gasteiger partial charge in [0.05, 0.1) is 5.52 Å². The Morgan fingerprint density at radius 3 is 2.43 bits per heavy atom. The van der Waals surface area contributed by atoms with Crippen molar-refractivity contribution in [3.05, 3.63) is 70.0 Å². The van der Waals surface area contributed by atoms with E-state index in [1.807, 2.05) is 0 Å². The monoisotopic (exact) mass is 394 g/mol. The lowest BCUT2D eigenvalue weighted by molar-refractivity contribution is -0.274. The Balaban J connectivity index is 2.15. The standard InChI is InChI=1S/C18H13F3N2O5/c19-18(20,21)28-11-6-7-13-12(8-11)15(24)14(16(22)25)17(26)23(13)27-9-10-4-2-1-3-5-10/h1-8,24H,9H2,(H2,22,25). The minimum atomic E-state index is -4.96. The fourth-order valence-electron chi connectivity index (χ4n) is 2.59. The molecular formula is C18H13F3N2O5. The molecule has 0 unspecified atom stereocenters. The summed E-state index contributed by atoms with van der Waals surface area (Å²) in [5.74, 6) is -2.78. The largest absolute Gasteiger partial charge is 0.573 e. The number of nitrogens with zero attached hydrogens (tertiary/aromatic N) is 1. The van der Waals surface area contributed by atoms with Crippen LogP contribution < -0.4 is 20.9 Å². The number of primary amides is 1. The minimum absolute atomic E-state index is 0.0713. The van der Waals surface area contributed by atoms with Gasteiger partial charge in [-0.2, -0.15) is 0 Å². The van der Waals surface area contributed by atoms with Gasteiger partial charge in [-0.3, -0.25) is 9.59 Å². The summed E-state index contributed by atoms with van der Waals surface area (Å²) in [4.78, 5) is 29.6. The summed E-state index contributed by atoms with van der Waals surface area (Å²) in [5.41, 5.74) is 3.90. The van der Waals surface area contributed by atoms with Crippen LogP contribution in [0.5, 0.6) is 11.5 Å². The van der Waals surface area contributed by atoms with Crippen LogP contribution in [0.1, 0.15) is 15.9 Å². The Hall–Kier alpha value is -3.69. The molecule has 10 heteroatoms. The summed E-state index contributed by atoms with van der Waals surface area (Å²) in [6.45, 7) is -0.0837. The summed E-state index contributed by atoms with van der Waals surface area (Å²) >= 11 is 0. The van der Waals surface area contributed by atoms with Gasteiger partial charge in [-0.25, -0.2) is 0 Å². The number of alkyl halides is 3. The van der Waals surface area contributed by atoms with E-state index in [0.717, 1.165) is 18.2 Å². The lowest BCUT2D eigenvalue weighted by Crippen LogP contribution is -2.33. The second-order valence-electron chi connectivity index (χ2n) is 5.67. The molecule has 0 aliphatic rings. The number of nitrogens with two attached hydrogens (primary N) is 1. The second-order valence-corrected chi connectivity index (χ2v) is 5.67. The van der Waals surface area contributed by atoms with E-state index in [9.17, 15) is 27.9 Å². The van der Waals surface area contributed by atoms with Crippen molar-refractivity contribution in [3.63, 3.8) is 0 Å². The highest BCUT2D eigenvalue weighted by Crippen LogP contribution is 2.31. The van der Waals surface area contributed by atoms with E-state index in [2.05, 4.69) is 4.74 Å². The molecule has 3 rings (SSSR count). The average molecular weight is 394 g/mol. The molecule has 0 saturated heterocycles. The normalized spacial score (nSPS) is 11.4. The van der Waals surface area contributed by atoms with Gasteiger partial charge in [-0.05, 0) is 23.8 Å². The quantitative estimate of drug-likeness (QED) is 0.691. The van der Waals surface area contributed by atoms with Gasteiger partial charge in [0, 0.05) is 5.39 Å². The summed E-state index contributed by atoms with van der Waals surface area (Å²) < 4.78 is 41.9. The second kappa shape index (κ2) is 7.14. The van der Waals surface area contributed by atoms with Crippen LogP contribution in [0.4, 0.5) is 13.2 Å². The number of aromatic nitrogens is 1. The lowest BCUT2D eigenvalue weighted by Gasteiger charge is -2.16. The highest BCUT2D eigenvalue weighted by atomic mass is 19.4. The van der Waals surface area contributed by atoms with Crippen molar-refractivity contribution in [1.82, 2.24) is 4.73 Å². The van der Waals surface area contributed by atoms with Crippen molar-refractivity contribution in [2.45, 2.75) is 13.0 Å². The number of pyridine rings is 1. The first-order chi connectivity index (χ1) is 13.2. The summed E-state index contributed by atoms with van der Waals surface area (Å²) in [6, 6.07) is 11.6. The van der Waals surface area contributed by atoms with Crippen molar-refractivity contribution in [1.29, 1.82) is 0 Å². The van der Waals surface area contributed by atoms with E-state index in [1.165, 1.54) is 0 Å². The van der Waals surface area contributed by atoms with E-state index in [0.29, 0.717) is 10.3 Å². The van der Waals surface area contributed by atoms with E-state index < -0.39 is 34.9 Å². The van der Waals surface area contributed by atoms with Gasteiger partial charge in [0.15, 0.2) is 0 Å². The van der Waals surface area contributed by atoms with Crippen molar-refractivity contribution in [3.8, 4) is 11.5 Å². The first kappa shape index (κ1) is 19.1. The third-order valence-electron chi connectivity index (χ3n) is 3.76. The van der Waals surface area contributed by atoms with Crippen LogP contribution in [0.15, 0.2) is 53.3 Å². The molecule has 0 aliphatic heterocycles. The molecule has 2 aromatic carbocycles. The van der Waals surface area contributed by atoms with Crippen molar-refractivity contribution >= 4 is 16.8 Å². The van der Waals surface area contributed by atoms with Gasteiger partial charge >= 0.3 is 6.36 Å². The van der Waals surface area contributed by atoms with E-state index in [1.54, 1.807) is 30.3 Å². The first-order valence-corrected chi connectivity index (χ1v) is 7.82. The molecule has 146 valence electrons. The SMILES string of the molecule is NC(=O)c1c(O)c2cc(OC(F)(F)F)ccc2n(OCc2ccccc2)c1=O. The topological polar surface area (TPSA) is 104 Å². The number of hydrogen-bond acceptors (Lipinski definition) is 5. The van der Waals surface area contributed by atoms with E-state index in [-0.39, 0.29) is 17.5 Å². The third kappa shape index (κ3) is 3.85. The van der Waals surface area contributed by atoms with Crippen LogP contribution in [-0.2, 0) is 6.61 Å². The predicted molar refractivity (Wildman–Crippen MR) is 91.8 cm³/mol. The molecule has 0 fully saturated rings. The van der Waals surface area contributed by atoms with E-state index >= 15 is 0 Å². The minimum Gasteiger partial charge on any atom is -0.506 e. The molecule has 1 heterocycles. The van der Waals surface area contributed by atoms with Gasteiger partial charge in [0.1, 0.15) is 23.7 Å². The van der Waals surface area contributed by atoms with Crippen molar-refractivity contribution < 1.29 is 32.6 Å². The molecule has 7 nitrogen and oxygen atoms in total. The number of carbonyl (C=O) groups is 1. The Bertz CT molecular complexity index is 1090. The number of amides is 1. The maximum atomic E-state index is 12.5. The predicted octanol–water partition coefficient (Wildman–Crippen LogP) is 2.33. The van der Waals surface area contributed by atoms with Crippen LogP contribution in [0, 0.1) is 0 Å². The maximum absolute atomic E-state index is 12.5. The smallest absolute Gasteiger partial charge is 0.506 e. The number of fused-ring (bicyclic) bond motifs is 1. The molecule has 1 amide bonds. The zero-order valence-corrected chi connectivity index (χ0v) is 14.1. The summed E-state index contributed by atoms with van der Waals surface area (Å²) in [7, 11) is 0. The Morgan fingerprint density at radius 1 is 1.14 bits per heavy atom. The van der Waals surface area contributed by atoms with Gasteiger partial charge in [-0.15, -0.1) is 17.9 Å². The molecule has 0 radical (unpaired) electrons. The number of carbonyl (C=O) groups excluding carboxylic acids is 1. The van der Waals surface area contributed by atoms with Crippen LogP contribution >= 0.6 is 0 Å². The molecule has 0 aliphatic carbocycles. The molecule has 0 bridgehead atoms. The Kier molecular flexibility index (Phi) is 4.87. The van der Waals surface area contributed by atoms with E-state index in [4.69, 9.17) is 10.6 Å². The third-order valence-corrected chi connectivity index (χ3v) is 3.76. The van der Waals surface area contributed by atoms with Crippen LogP contribution in [0.3, 0.4) is 0 Å². The summed E-state index contributed by atoms with van der Waals surface area (Å²) in [6.07, 6.45) is -4.96. The highest BCUT2D eigenvalue weighted by Gasteiger charge is 2.31. The molecule has 0 atom stereocenters. The number of aromatic hydroxyl groups is 1. The zero-order chi connectivity index (χ0) is 20.5. The number of ether oxygens (including phenoxy) is 1. The number of halogens is 3. The van der Waals surface area contributed by atoms with Crippen molar-refractivity contribution in [2.75, 3.05) is 0 Å². The molecule has 3 N–H and O–H groups in total. The van der Waals surface area contributed by atoms with Gasteiger partial charge in [0.2, 0.25) is 0 Å². The molecule has 28 heavy (non-hydrogen) atoms. The van der Waals surface area contributed by atoms with Crippen molar-refractivity contribution in [2.24, 2.45) is 5.73 Å². The maximum Gasteiger partial charge on any atom is 0.573 e. The highest BCUT2D eigenvalue weighted by molar-refractivity contribution is 6.01. The van der Waals surface area contributed by atoms with Crippen LogP contribution in [0.2, 0.25) is 0 Å². The lowest BCUT2D eigenvalue weighted by atomic mass is 10.1. The molecule has 3 aromatic rings. The van der Waals surface area contributed by atoms with Gasteiger partial charge < -0.3 is 20.4 Å². The number of rotatable bonds is 5. The van der Waals surface area contributed by atoms with Gasteiger partial charge in [0.25, 0.3) is 11.5 Å². The molecule has 0 spiro atoms. The Labute approximate surface area is 155 Å². The number of hydrogen-bond donors (Lipinski definition) is 2. The Morgan fingerprint density at radius 2 is 1.82 bits per heavy atom. The van der Waals surface area contributed by atoms with Crippen LogP contribution in [-0.4, -0.2) is 22.1 Å². The van der Waals surface area contributed by atoms with Crippen LogP contribution in [0.25, 0.3) is 10.9 Å². The first-order valence-electron chi connectivity index (χ1n) is 7.82. The fraction of sp³-hybridized carbons (Fsp3) is 0.111. The summed E-state index contributed by atoms with van der Waals surface area (Å²) in [5, 5.41) is 9.95. The zero-order valence-electron chi connectivity index (χ0n) is 14.1. The fourth-order valence-corrected chi connectivity index (χ4v) is 2.59. The average Bonchev–Trinajstić information content (AvgIpc) is 2.61. The number of benzene rings is 2. The molecule has 1 aromatic heterocycles.